The Balaban J connectivity index is 1.60. The van der Waals surface area contributed by atoms with Gasteiger partial charge in [-0.25, -0.2) is 4.90 Å². The fraction of sp³-hybridized carbons (Fsp3) is 0.227. The first kappa shape index (κ1) is 16.7. The van der Waals surface area contributed by atoms with Crippen LogP contribution in [0.25, 0.3) is 6.08 Å². The molecule has 0 radical (unpaired) electrons. The van der Waals surface area contributed by atoms with Crippen molar-refractivity contribution in [3.63, 3.8) is 0 Å². The number of amides is 2. The highest BCUT2D eigenvalue weighted by Crippen LogP contribution is 2.44. The molecule has 0 aromatic heterocycles. The van der Waals surface area contributed by atoms with Crippen LogP contribution in [0.2, 0.25) is 0 Å². The van der Waals surface area contributed by atoms with E-state index in [4.69, 9.17) is 4.74 Å². The topological polar surface area (TPSA) is 74.8 Å². The van der Waals surface area contributed by atoms with Crippen molar-refractivity contribution in [3.05, 3.63) is 65.9 Å². The molecule has 138 valence electrons. The third-order valence-corrected chi connectivity index (χ3v) is 6.09. The van der Waals surface area contributed by atoms with Crippen molar-refractivity contribution < 1.29 is 19.2 Å². The van der Waals surface area contributed by atoms with Gasteiger partial charge in [0.25, 0.3) is 0 Å². The van der Waals surface area contributed by atoms with E-state index >= 15 is 0 Å². The quantitative estimate of drug-likeness (QED) is 0.807. The SMILES string of the molecule is COc1ccc(N2C(=O)[C@@H]3[C@H](C2=O)[C@H](C#N)[NH+]2C=Cc4ccccc4[C@@H]32)cc1. The Labute approximate surface area is 162 Å². The minimum atomic E-state index is -0.643. The number of methoxy groups -OCH3 is 1. The molecule has 5 rings (SSSR count). The number of hydrogen-bond donors (Lipinski definition) is 1. The summed E-state index contributed by atoms with van der Waals surface area (Å²) in [6.45, 7) is 0. The van der Waals surface area contributed by atoms with Gasteiger partial charge in [-0.15, -0.1) is 0 Å². The third kappa shape index (κ3) is 2.11. The number of carbonyl (C=O) groups is 2. The molecule has 2 aromatic rings. The van der Waals surface area contributed by atoms with Gasteiger partial charge in [0, 0.05) is 5.56 Å². The number of anilines is 1. The van der Waals surface area contributed by atoms with Crippen molar-refractivity contribution in [3.8, 4) is 11.8 Å². The molecule has 28 heavy (non-hydrogen) atoms. The number of nitrogens with zero attached hydrogens (tertiary/aromatic N) is 2. The molecule has 3 aliphatic rings. The smallest absolute Gasteiger partial charge is 0.245 e. The van der Waals surface area contributed by atoms with Crippen molar-refractivity contribution >= 4 is 23.6 Å². The Morgan fingerprint density at radius 2 is 1.75 bits per heavy atom. The monoisotopic (exact) mass is 372 g/mol. The summed E-state index contributed by atoms with van der Waals surface area (Å²) in [5.74, 6) is -1.05. The molecule has 0 aliphatic carbocycles. The van der Waals surface area contributed by atoms with E-state index in [0.29, 0.717) is 11.4 Å². The van der Waals surface area contributed by atoms with Gasteiger partial charge in [-0.2, -0.15) is 5.26 Å². The molecule has 6 heteroatoms. The Morgan fingerprint density at radius 1 is 1.04 bits per heavy atom. The summed E-state index contributed by atoms with van der Waals surface area (Å²) in [6, 6.07) is 16.2. The summed E-state index contributed by atoms with van der Waals surface area (Å²) < 4.78 is 5.16. The van der Waals surface area contributed by atoms with Gasteiger partial charge in [0.1, 0.15) is 29.7 Å². The van der Waals surface area contributed by atoms with Crippen LogP contribution in [0, 0.1) is 23.2 Å². The van der Waals surface area contributed by atoms with Gasteiger partial charge in [0.2, 0.25) is 11.8 Å². The number of benzene rings is 2. The molecule has 2 amide bonds. The lowest BCUT2D eigenvalue weighted by atomic mass is 9.85. The Hall–Kier alpha value is -3.43. The average Bonchev–Trinajstić information content (AvgIpc) is 3.20. The van der Waals surface area contributed by atoms with Crippen LogP contribution in [0.1, 0.15) is 17.2 Å². The van der Waals surface area contributed by atoms with Gasteiger partial charge < -0.3 is 4.74 Å². The highest BCUT2D eigenvalue weighted by atomic mass is 16.5. The predicted octanol–water partition coefficient (Wildman–Crippen LogP) is 1.32. The molecule has 0 spiro atoms. The standard InChI is InChI=1S/C22H17N3O3/c1-28-15-8-6-14(7-9-15)25-21(26)18-17(12-23)24-11-10-13-4-2-3-5-16(13)20(24)19(18)22(25)27/h2-11,17-20H,1H3/p+1/t17-,18+,19+,20-/m0/s1. The first-order chi connectivity index (χ1) is 13.7. The lowest BCUT2D eigenvalue weighted by molar-refractivity contribution is -0.885. The number of nitriles is 1. The summed E-state index contributed by atoms with van der Waals surface area (Å²) in [4.78, 5) is 28.8. The molecule has 5 atom stereocenters. The van der Waals surface area contributed by atoms with Crippen LogP contribution < -0.4 is 14.5 Å². The number of hydrogen-bond acceptors (Lipinski definition) is 4. The molecule has 1 N–H and O–H groups in total. The normalized spacial score (nSPS) is 29.9. The maximum Gasteiger partial charge on any atom is 0.245 e. The van der Waals surface area contributed by atoms with Crippen molar-refractivity contribution in [2.75, 3.05) is 12.0 Å². The average molecular weight is 372 g/mol. The zero-order valence-corrected chi connectivity index (χ0v) is 15.2. The second kappa shape index (κ2) is 6.04. The van der Waals surface area contributed by atoms with Crippen molar-refractivity contribution in [1.82, 2.24) is 0 Å². The second-order valence-corrected chi connectivity index (χ2v) is 7.31. The van der Waals surface area contributed by atoms with Crippen LogP contribution in [-0.4, -0.2) is 25.0 Å². The van der Waals surface area contributed by atoms with Gasteiger partial charge in [0.05, 0.1) is 19.0 Å². The van der Waals surface area contributed by atoms with Gasteiger partial charge in [-0.3, -0.25) is 14.5 Å². The minimum Gasteiger partial charge on any atom is -0.497 e. The maximum absolute atomic E-state index is 13.4. The van der Waals surface area contributed by atoms with Crippen LogP contribution in [0.15, 0.2) is 54.7 Å². The lowest BCUT2D eigenvalue weighted by Crippen LogP contribution is -3.10. The van der Waals surface area contributed by atoms with E-state index in [1.807, 2.05) is 36.5 Å². The van der Waals surface area contributed by atoms with Crippen molar-refractivity contribution in [2.45, 2.75) is 12.1 Å². The second-order valence-electron chi connectivity index (χ2n) is 7.31. The van der Waals surface area contributed by atoms with Crippen LogP contribution in [0.3, 0.4) is 0 Å². The molecular formula is C22H18N3O3+. The van der Waals surface area contributed by atoms with E-state index in [1.165, 1.54) is 4.90 Å². The van der Waals surface area contributed by atoms with E-state index in [-0.39, 0.29) is 17.9 Å². The van der Waals surface area contributed by atoms with E-state index in [9.17, 15) is 14.9 Å². The predicted molar refractivity (Wildman–Crippen MR) is 101 cm³/mol. The summed E-state index contributed by atoms with van der Waals surface area (Å²) >= 11 is 0. The Kier molecular flexibility index (Phi) is 3.61. The minimum absolute atomic E-state index is 0.226. The number of ether oxygens (including phenoxy) is 1. The number of imide groups is 1. The molecule has 0 bridgehead atoms. The molecule has 3 aliphatic heterocycles. The molecule has 2 saturated heterocycles. The molecular weight excluding hydrogens is 354 g/mol. The van der Waals surface area contributed by atoms with Gasteiger partial charge in [-0.1, -0.05) is 24.3 Å². The number of quaternary nitrogens is 1. The number of nitrogens with one attached hydrogen (secondary N) is 1. The van der Waals surface area contributed by atoms with E-state index in [1.54, 1.807) is 31.4 Å². The first-order valence-corrected chi connectivity index (χ1v) is 9.21. The van der Waals surface area contributed by atoms with Crippen molar-refractivity contribution in [1.29, 1.82) is 5.26 Å². The summed E-state index contributed by atoms with van der Waals surface area (Å²) in [5.41, 5.74) is 2.57. The van der Waals surface area contributed by atoms with Crippen LogP contribution in [-0.2, 0) is 9.59 Å². The van der Waals surface area contributed by atoms with Crippen LogP contribution in [0.4, 0.5) is 5.69 Å². The van der Waals surface area contributed by atoms with Gasteiger partial charge in [-0.05, 0) is 35.9 Å². The van der Waals surface area contributed by atoms with Crippen LogP contribution in [0.5, 0.6) is 5.75 Å². The number of carbonyl (C=O) groups excluding carboxylic acids is 2. The zero-order chi connectivity index (χ0) is 19.4. The molecule has 2 aromatic carbocycles. The molecule has 3 heterocycles. The highest BCUT2D eigenvalue weighted by molar-refractivity contribution is 6.22. The van der Waals surface area contributed by atoms with Crippen LogP contribution >= 0.6 is 0 Å². The summed E-state index contributed by atoms with van der Waals surface area (Å²) in [6.07, 6.45) is 3.90. The lowest BCUT2D eigenvalue weighted by Gasteiger charge is -2.28. The number of rotatable bonds is 2. The van der Waals surface area contributed by atoms with E-state index < -0.39 is 17.9 Å². The Morgan fingerprint density at radius 3 is 2.46 bits per heavy atom. The van der Waals surface area contributed by atoms with E-state index in [2.05, 4.69) is 6.07 Å². The summed E-state index contributed by atoms with van der Waals surface area (Å²) in [5, 5.41) is 9.83. The molecule has 0 saturated carbocycles. The van der Waals surface area contributed by atoms with Gasteiger partial charge in [0.15, 0.2) is 6.04 Å². The molecule has 2 fully saturated rings. The maximum atomic E-state index is 13.4. The molecule has 1 unspecified atom stereocenters. The fourth-order valence-corrected chi connectivity index (χ4v) is 4.87. The zero-order valence-electron chi connectivity index (χ0n) is 15.2. The number of fused-ring (bicyclic) bond motifs is 5. The summed E-state index contributed by atoms with van der Waals surface area (Å²) in [7, 11) is 1.56. The largest absolute Gasteiger partial charge is 0.497 e. The third-order valence-electron chi connectivity index (χ3n) is 6.09. The first-order valence-electron chi connectivity index (χ1n) is 9.21. The van der Waals surface area contributed by atoms with E-state index in [0.717, 1.165) is 16.0 Å². The van der Waals surface area contributed by atoms with Crippen molar-refractivity contribution in [2.24, 2.45) is 11.8 Å². The van der Waals surface area contributed by atoms with Gasteiger partial charge >= 0.3 is 0 Å². The Bertz CT molecular complexity index is 1050. The fourth-order valence-electron chi connectivity index (χ4n) is 4.87. The molecule has 6 nitrogen and oxygen atoms in total. The highest BCUT2D eigenvalue weighted by Gasteiger charge is 2.66.